The molecular weight excluding hydrogens is 499 g/mol. The van der Waals surface area contributed by atoms with Gasteiger partial charge in [0.05, 0.1) is 4.90 Å². The van der Waals surface area contributed by atoms with E-state index in [1.165, 1.54) is 24.3 Å². The second-order valence-electron chi connectivity index (χ2n) is 7.56. The number of benzene rings is 2. The van der Waals surface area contributed by atoms with Gasteiger partial charge in [0.25, 0.3) is 10.0 Å². The van der Waals surface area contributed by atoms with Crippen LogP contribution in [0.3, 0.4) is 0 Å². The van der Waals surface area contributed by atoms with Crippen molar-refractivity contribution < 1.29 is 40.8 Å². The molecule has 0 aromatic heterocycles. The average molecular weight is 524 g/mol. The van der Waals surface area contributed by atoms with Crippen LogP contribution in [0.4, 0.5) is 18.9 Å². The van der Waals surface area contributed by atoms with Gasteiger partial charge in [0.2, 0.25) is 0 Å². The van der Waals surface area contributed by atoms with Crippen LogP contribution in [-0.4, -0.2) is 52.5 Å². The fourth-order valence-electron chi connectivity index (χ4n) is 2.93. The third-order valence-corrected chi connectivity index (χ3v) is 8.16. The fraction of sp³-hybridized carbons (Fsp3) is 0.350. The summed E-state index contributed by atoms with van der Waals surface area (Å²) in [4.78, 5) is 10.7. The number of alkyl halides is 3. The molecule has 0 saturated heterocycles. The van der Waals surface area contributed by atoms with Crippen LogP contribution in [-0.2, 0) is 30.1 Å². The highest BCUT2D eigenvalue weighted by atomic mass is 32.2. The lowest BCUT2D eigenvalue weighted by atomic mass is 9.90. The van der Waals surface area contributed by atoms with Crippen LogP contribution < -0.4 is 10.5 Å². The van der Waals surface area contributed by atoms with E-state index in [9.17, 15) is 35.7 Å². The highest BCUT2D eigenvalue weighted by Crippen LogP contribution is 2.42. The lowest BCUT2D eigenvalue weighted by Crippen LogP contribution is -2.44. The van der Waals surface area contributed by atoms with Crippen LogP contribution in [0, 0.1) is 4.78 Å². The number of sulfonamides is 1. The number of rotatable bonds is 11. The maximum atomic E-state index is 13.8. The maximum absolute atomic E-state index is 13.8. The van der Waals surface area contributed by atoms with Gasteiger partial charge in [-0.15, -0.1) is 0 Å². The zero-order valence-corrected chi connectivity index (χ0v) is 19.3. The topological polar surface area (TPSA) is 171 Å². The molecule has 0 bridgehead atoms. The van der Waals surface area contributed by atoms with E-state index in [0.29, 0.717) is 0 Å². The smallest absolute Gasteiger partial charge is 0.421 e. The van der Waals surface area contributed by atoms with Gasteiger partial charge >= 0.3 is 12.1 Å². The Morgan fingerprint density at radius 2 is 1.59 bits per heavy atom. The first kappa shape index (κ1) is 27.6. The van der Waals surface area contributed by atoms with Crippen molar-refractivity contribution in [3.05, 3.63) is 60.2 Å². The number of carboxylic acids is 1. The van der Waals surface area contributed by atoms with E-state index in [1.54, 1.807) is 6.07 Å². The van der Waals surface area contributed by atoms with Gasteiger partial charge in [-0.1, -0.05) is 30.3 Å². The molecule has 0 aliphatic heterocycles. The van der Waals surface area contributed by atoms with Crippen LogP contribution in [0.1, 0.15) is 18.4 Å². The second kappa shape index (κ2) is 10.3. The monoisotopic (exact) mass is 523 g/mol. The standard InChI is InChI=1S/C20H24F3N3O6S2/c21-20(22,23)19(29,11-13-33(25,30)12-10-17(24)18(27)28)14-6-8-15(9-7-14)26-34(31,32)16-4-2-1-3-5-16/h1-9,17,25-26,29H,10-13,24H2,(H,27,28)/t17-,19?,33?/m0/s1. The molecule has 2 aromatic carbocycles. The Balaban J connectivity index is 2.21. The van der Waals surface area contributed by atoms with E-state index >= 15 is 0 Å². The van der Waals surface area contributed by atoms with Gasteiger partial charge in [-0.2, -0.15) is 13.2 Å². The Labute approximate surface area is 194 Å². The molecule has 3 atom stereocenters. The summed E-state index contributed by atoms with van der Waals surface area (Å²) in [5, 5.41) is 19.2. The molecule has 0 radical (unpaired) electrons. The van der Waals surface area contributed by atoms with Crippen molar-refractivity contribution in [1.29, 1.82) is 4.78 Å². The van der Waals surface area contributed by atoms with Crippen molar-refractivity contribution in [2.45, 2.75) is 35.6 Å². The van der Waals surface area contributed by atoms with E-state index in [4.69, 9.17) is 15.6 Å². The van der Waals surface area contributed by atoms with Gasteiger partial charge in [0, 0.05) is 33.3 Å². The van der Waals surface area contributed by atoms with Crippen LogP contribution >= 0.6 is 0 Å². The summed E-state index contributed by atoms with van der Waals surface area (Å²) >= 11 is 0. The summed E-state index contributed by atoms with van der Waals surface area (Å²) < 4.78 is 88.3. The molecule has 188 valence electrons. The number of carboxylic acid groups (broad SMARTS) is 1. The number of aliphatic carboxylic acids is 1. The summed E-state index contributed by atoms with van der Waals surface area (Å²) in [5.41, 5.74) is 1.11. The summed E-state index contributed by atoms with van der Waals surface area (Å²) in [6.45, 7) is 0. The van der Waals surface area contributed by atoms with Crippen molar-refractivity contribution in [1.82, 2.24) is 0 Å². The highest BCUT2D eigenvalue weighted by Gasteiger charge is 2.54. The number of nitrogens with two attached hydrogens (primary N) is 1. The molecule has 14 heteroatoms. The molecule has 0 aliphatic carbocycles. The number of aliphatic hydroxyl groups is 1. The van der Waals surface area contributed by atoms with E-state index in [2.05, 4.69) is 4.72 Å². The molecule has 2 unspecified atom stereocenters. The molecule has 0 aliphatic rings. The summed E-state index contributed by atoms with van der Waals surface area (Å²) in [6, 6.07) is 9.70. The van der Waals surface area contributed by atoms with Crippen molar-refractivity contribution in [2.24, 2.45) is 5.73 Å². The highest BCUT2D eigenvalue weighted by molar-refractivity contribution is 7.92. The number of hydrogen-bond acceptors (Lipinski definition) is 7. The molecule has 34 heavy (non-hydrogen) atoms. The Morgan fingerprint density at radius 3 is 2.09 bits per heavy atom. The third-order valence-electron chi connectivity index (χ3n) is 5.01. The predicted octanol–water partition coefficient (Wildman–Crippen LogP) is 2.48. The van der Waals surface area contributed by atoms with Gasteiger partial charge in [0.15, 0.2) is 5.60 Å². The van der Waals surface area contributed by atoms with Crippen molar-refractivity contribution in [3.8, 4) is 0 Å². The molecule has 9 nitrogen and oxygen atoms in total. The van der Waals surface area contributed by atoms with E-state index in [1.807, 2.05) is 0 Å². The summed E-state index contributed by atoms with van der Waals surface area (Å²) in [7, 11) is -7.66. The molecule has 0 saturated carbocycles. The fourth-order valence-corrected chi connectivity index (χ4v) is 5.48. The number of carbonyl (C=O) groups is 1. The molecule has 6 N–H and O–H groups in total. The Bertz CT molecular complexity index is 1200. The number of nitrogens with one attached hydrogen (secondary N) is 2. The zero-order chi connectivity index (χ0) is 25.8. The average Bonchev–Trinajstić information content (AvgIpc) is 2.76. The lowest BCUT2D eigenvalue weighted by molar-refractivity contribution is -0.267. The Kier molecular flexibility index (Phi) is 8.35. The van der Waals surface area contributed by atoms with Gasteiger partial charge in [0.1, 0.15) is 6.04 Å². The first-order valence-corrected chi connectivity index (χ1v) is 13.2. The minimum atomic E-state index is -5.20. The summed E-state index contributed by atoms with van der Waals surface area (Å²) in [5.74, 6) is -2.81. The largest absolute Gasteiger partial charge is 0.480 e. The molecule has 0 amide bonds. The lowest BCUT2D eigenvalue weighted by Gasteiger charge is -2.31. The maximum Gasteiger partial charge on any atom is 0.421 e. The molecule has 0 fully saturated rings. The van der Waals surface area contributed by atoms with Gasteiger partial charge in [-0.3, -0.25) is 14.3 Å². The number of anilines is 1. The zero-order valence-electron chi connectivity index (χ0n) is 17.7. The van der Waals surface area contributed by atoms with Crippen LogP contribution in [0.5, 0.6) is 0 Å². The Morgan fingerprint density at radius 1 is 1.03 bits per heavy atom. The first-order chi connectivity index (χ1) is 15.6. The summed E-state index contributed by atoms with van der Waals surface area (Å²) in [6.07, 6.45) is -6.71. The molecule has 2 rings (SSSR count). The number of halogens is 3. The van der Waals surface area contributed by atoms with E-state index in [0.717, 1.165) is 24.3 Å². The second-order valence-corrected chi connectivity index (χ2v) is 11.7. The molecule has 0 spiro atoms. The van der Waals surface area contributed by atoms with Gasteiger partial charge in [-0.05, 0) is 36.2 Å². The predicted molar refractivity (Wildman–Crippen MR) is 119 cm³/mol. The SMILES string of the molecule is N=S(=O)(CC[C@H](N)C(=O)O)CCC(O)(c1ccc(NS(=O)(=O)c2ccccc2)cc1)C(F)(F)F. The minimum Gasteiger partial charge on any atom is -0.480 e. The van der Waals surface area contributed by atoms with Crippen molar-refractivity contribution in [2.75, 3.05) is 16.2 Å². The van der Waals surface area contributed by atoms with Crippen molar-refractivity contribution >= 4 is 31.4 Å². The van der Waals surface area contributed by atoms with Crippen molar-refractivity contribution in [3.63, 3.8) is 0 Å². The van der Waals surface area contributed by atoms with Crippen LogP contribution in [0.2, 0.25) is 0 Å². The molecule has 0 heterocycles. The minimum absolute atomic E-state index is 0.0518. The molecule has 2 aromatic rings. The van der Waals surface area contributed by atoms with Crippen LogP contribution in [0.25, 0.3) is 0 Å². The normalized spacial score (nSPS) is 16.7. The molecular formula is C20H24F3N3O6S2. The van der Waals surface area contributed by atoms with Gasteiger partial charge in [-0.25, -0.2) is 12.6 Å². The van der Waals surface area contributed by atoms with E-state index in [-0.39, 0.29) is 17.0 Å². The number of hydrogen-bond donors (Lipinski definition) is 5. The first-order valence-electron chi connectivity index (χ1n) is 9.77. The van der Waals surface area contributed by atoms with E-state index < -0.39 is 67.0 Å². The quantitative estimate of drug-likeness (QED) is 0.301. The van der Waals surface area contributed by atoms with Gasteiger partial charge < -0.3 is 15.9 Å². The Hall–Kier alpha value is -2.68. The van der Waals surface area contributed by atoms with Crippen LogP contribution in [0.15, 0.2) is 59.5 Å². The third kappa shape index (κ3) is 6.91.